The number of hydrogen-bond acceptors (Lipinski definition) is 2. The van der Waals surface area contributed by atoms with Gasteiger partial charge in [0.1, 0.15) is 0 Å². The molecule has 0 saturated carbocycles. The third kappa shape index (κ3) is 2.57. The smallest absolute Gasteiger partial charge is 0.224 e. The van der Waals surface area contributed by atoms with E-state index in [0.717, 1.165) is 6.54 Å². The molecule has 3 heteroatoms. The molecule has 0 radical (unpaired) electrons. The third-order valence-corrected chi connectivity index (χ3v) is 4.06. The molecule has 1 unspecified atom stereocenters. The van der Waals surface area contributed by atoms with E-state index in [2.05, 4.69) is 24.1 Å². The van der Waals surface area contributed by atoms with Gasteiger partial charge in [-0.25, -0.2) is 0 Å². The molecule has 3 atom stereocenters. The second-order valence-electron chi connectivity index (χ2n) is 5.43. The molecule has 0 bridgehead atoms. The molecule has 0 aliphatic carbocycles. The van der Waals surface area contributed by atoms with Gasteiger partial charge in [0, 0.05) is 24.5 Å². The van der Waals surface area contributed by atoms with E-state index < -0.39 is 0 Å². The summed E-state index contributed by atoms with van der Waals surface area (Å²) in [4.78, 5) is 14.4. The van der Waals surface area contributed by atoms with Crippen LogP contribution in [0.5, 0.6) is 0 Å². The Balaban J connectivity index is 1.90. The quantitative estimate of drug-likeness (QED) is 0.777. The average molecular weight is 224 g/mol. The molecule has 2 saturated heterocycles. The largest absolute Gasteiger partial charge is 0.337 e. The average Bonchev–Trinajstić information content (AvgIpc) is 2.70. The second-order valence-corrected chi connectivity index (χ2v) is 5.43. The number of carbonyl (C=O) groups is 1. The highest BCUT2D eigenvalue weighted by atomic mass is 16.2. The Morgan fingerprint density at radius 2 is 1.88 bits per heavy atom. The highest BCUT2D eigenvalue weighted by molar-refractivity contribution is 5.77. The molecule has 0 spiro atoms. The fourth-order valence-electron chi connectivity index (χ4n) is 3.16. The Labute approximate surface area is 98.6 Å². The van der Waals surface area contributed by atoms with Gasteiger partial charge in [-0.15, -0.1) is 0 Å². The molecule has 1 amide bonds. The molecule has 2 fully saturated rings. The Bertz CT molecular complexity index is 238. The number of piperidine rings is 1. The van der Waals surface area contributed by atoms with Crippen molar-refractivity contribution < 1.29 is 4.79 Å². The number of carbonyl (C=O) groups excluding carboxylic acids is 1. The van der Waals surface area contributed by atoms with Crippen molar-refractivity contribution in [2.75, 3.05) is 6.54 Å². The number of hydrogen-bond donors (Lipinski definition) is 1. The van der Waals surface area contributed by atoms with Crippen molar-refractivity contribution in [2.24, 2.45) is 0 Å². The van der Waals surface area contributed by atoms with Crippen LogP contribution in [0.2, 0.25) is 0 Å². The summed E-state index contributed by atoms with van der Waals surface area (Å²) >= 11 is 0. The molecule has 2 aliphatic heterocycles. The van der Waals surface area contributed by atoms with Gasteiger partial charge in [0.15, 0.2) is 0 Å². The summed E-state index contributed by atoms with van der Waals surface area (Å²) in [5.74, 6) is 0.360. The fraction of sp³-hybridized carbons (Fsp3) is 0.923. The van der Waals surface area contributed by atoms with Gasteiger partial charge in [0.25, 0.3) is 0 Å². The minimum absolute atomic E-state index is 0.360. The van der Waals surface area contributed by atoms with Crippen molar-refractivity contribution in [1.82, 2.24) is 10.2 Å². The van der Waals surface area contributed by atoms with Crippen molar-refractivity contribution >= 4 is 5.91 Å². The van der Waals surface area contributed by atoms with Gasteiger partial charge in [0.05, 0.1) is 0 Å². The Morgan fingerprint density at radius 3 is 2.44 bits per heavy atom. The highest BCUT2D eigenvalue weighted by Crippen LogP contribution is 2.24. The third-order valence-electron chi connectivity index (χ3n) is 4.06. The summed E-state index contributed by atoms with van der Waals surface area (Å²) in [6.45, 7) is 5.47. The van der Waals surface area contributed by atoms with Gasteiger partial charge >= 0.3 is 0 Å². The molecule has 2 aliphatic rings. The zero-order valence-electron chi connectivity index (χ0n) is 10.5. The molecule has 92 valence electrons. The first-order chi connectivity index (χ1) is 7.68. The summed E-state index contributed by atoms with van der Waals surface area (Å²) in [7, 11) is 0. The summed E-state index contributed by atoms with van der Waals surface area (Å²) in [6.07, 6.45) is 6.72. The maximum absolute atomic E-state index is 12.3. The van der Waals surface area contributed by atoms with E-state index in [1.807, 2.05) is 0 Å². The lowest BCUT2D eigenvalue weighted by Gasteiger charge is -2.39. The maximum atomic E-state index is 12.3. The summed E-state index contributed by atoms with van der Waals surface area (Å²) in [5, 5.41) is 3.41. The van der Waals surface area contributed by atoms with Gasteiger partial charge in [0.2, 0.25) is 5.91 Å². The van der Waals surface area contributed by atoms with Crippen LogP contribution in [-0.4, -0.2) is 35.5 Å². The van der Waals surface area contributed by atoms with Crippen LogP contribution >= 0.6 is 0 Å². The lowest BCUT2D eigenvalue weighted by molar-refractivity contribution is -0.137. The molecule has 1 N–H and O–H groups in total. The van der Waals surface area contributed by atoms with Gasteiger partial charge in [-0.05, 0) is 52.5 Å². The number of nitrogens with one attached hydrogen (secondary N) is 1. The first-order valence-corrected chi connectivity index (χ1v) is 6.73. The number of rotatable bonds is 2. The van der Waals surface area contributed by atoms with Gasteiger partial charge in [-0.1, -0.05) is 0 Å². The van der Waals surface area contributed by atoms with Gasteiger partial charge < -0.3 is 10.2 Å². The van der Waals surface area contributed by atoms with Crippen molar-refractivity contribution in [3.63, 3.8) is 0 Å². The first-order valence-electron chi connectivity index (χ1n) is 6.73. The summed E-state index contributed by atoms with van der Waals surface area (Å²) in [6, 6.07) is 1.32. The minimum atomic E-state index is 0.360. The van der Waals surface area contributed by atoms with E-state index in [0.29, 0.717) is 30.5 Å². The van der Waals surface area contributed by atoms with Crippen molar-refractivity contribution in [1.29, 1.82) is 0 Å². The predicted octanol–water partition coefficient (Wildman–Crippen LogP) is 1.92. The van der Waals surface area contributed by atoms with Gasteiger partial charge in [-0.2, -0.15) is 0 Å². The lowest BCUT2D eigenvalue weighted by atomic mass is 9.96. The van der Waals surface area contributed by atoms with Crippen molar-refractivity contribution in [3.05, 3.63) is 0 Å². The van der Waals surface area contributed by atoms with Crippen LogP contribution in [0.3, 0.4) is 0 Å². The van der Waals surface area contributed by atoms with Crippen molar-refractivity contribution in [2.45, 2.75) is 70.5 Å². The monoisotopic (exact) mass is 224 g/mol. The van der Waals surface area contributed by atoms with Crippen LogP contribution in [0.25, 0.3) is 0 Å². The molecule has 0 aromatic rings. The van der Waals surface area contributed by atoms with E-state index in [9.17, 15) is 4.79 Å². The predicted molar refractivity (Wildman–Crippen MR) is 65.3 cm³/mol. The van der Waals surface area contributed by atoms with Gasteiger partial charge in [-0.3, -0.25) is 4.79 Å². The van der Waals surface area contributed by atoms with Crippen LogP contribution in [0.15, 0.2) is 0 Å². The zero-order chi connectivity index (χ0) is 11.5. The highest BCUT2D eigenvalue weighted by Gasteiger charge is 2.30. The molecule has 0 aromatic heterocycles. The first kappa shape index (κ1) is 11.9. The van der Waals surface area contributed by atoms with Crippen LogP contribution in [0, 0.1) is 0 Å². The number of amides is 1. The molecule has 0 aromatic carbocycles. The van der Waals surface area contributed by atoms with E-state index in [1.165, 1.54) is 32.1 Å². The SMILES string of the molecule is C[C@@H]1CCC[C@H](C)N1C(=O)CC1CCCN1. The van der Waals surface area contributed by atoms with Crippen molar-refractivity contribution in [3.8, 4) is 0 Å². The fourth-order valence-corrected chi connectivity index (χ4v) is 3.16. The second kappa shape index (κ2) is 5.17. The summed E-state index contributed by atoms with van der Waals surface area (Å²) < 4.78 is 0. The van der Waals surface area contributed by atoms with Crippen LogP contribution in [0.1, 0.15) is 52.4 Å². The molecule has 16 heavy (non-hydrogen) atoms. The van der Waals surface area contributed by atoms with Crippen LogP contribution in [0.4, 0.5) is 0 Å². The van der Waals surface area contributed by atoms with E-state index in [-0.39, 0.29) is 0 Å². The van der Waals surface area contributed by atoms with E-state index in [1.54, 1.807) is 0 Å². The Morgan fingerprint density at radius 1 is 1.19 bits per heavy atom. The summed E-state index contributed by atoms with van der Waals surface area (Å²) in [5.41, 5.74) is 0. The molecular formula is C13H24N2O. The standard InChI is InChI=1S/C13H24N2O/c1-10-5-3-6-11(2)15(10)13(16)9-12-7-4-8-14-12/h10-12,14H,3-9H2,1-2H3/t10-,11+,12?. The molecule has 2 heterocycles. The Kier molecular flexibility index (Phi) is 3.85. The molecule has 3 nitrogen and oxygen atoms in total. The topological polar surface area (TPSA) is 32.3 Å². The maximum Gasteiger partial charge on any atom is 0.224 e. The normalized spacial score (nSPS) is 35.4. The zero-order valence-corrected chi connectivity index (χ0v) is 10.5. The molecule has 2 rings (SSSR count). The number of likely N-dealkylation sites (tertiary alicyclic amines) is 1. The van der Waals surface area contributed by atoms with Crippen LogP contribution < -0.4 is 5.32 Å². The number of nitrogens with zero attached hydrogens (tertiary/aromatic N) is 1. The Hall–Kier alpha value is -0.570. The lowest BCUT2D eigenvalue weighted by Crippen LogP contribution is -2.48. The van der Waals surface area contributed by atoms with Crippen LogP contribution in [-0.2, 0) is 4.79 Å². The minimum Gasteiger partial charge on any atom is -0.337 e. The van der Waals surface area contributed by atoms with E-state index in [4.69, 9.17) is 0 Å². The molecular weight excluding hydrogens is 200 g/mol. The van der Waals surface area contributed by atoms with E-state index >= 15 is 0 Å².